The first kappa shape index (κ1) is 28.5. The SMILES string of the molecule is CCn1c(=O)c(C(=O)CN2CCCCC2)c(N)n(Cc2ccccc2)c1=O.Cc1ccc(CNC=O)cn1. The largest absolute Gasteiger partial charge is 0.384 e. The molecule has 10 nitrogen and oxygen atoms in total. The molecule has 3 heterocycles. The van der Waals surface area contributed by atoms with Crippen LogP contribution in [-0.4, -0.2) is 50.8 Å². The number of carbonyl (C=O) groups excluding carboxylic acids is 2. The van der Waals surface area contributed by atoms with E-state index in [2.05, 4.69) is 10.3 Å². The Kier molecular flexibility index (Phi) is 10.5. The molecule has 1 aliphatic rings. The molecule has 38 heavy (non-hydrogen) atoms. The van der Waals surface area contributed by atoms with Gasteiger partial charge in [-0.05, 0) is 57.0 Å². The maximum atomic E-state index is 12.9. The molecule has 0 spiro atoms. The van der Waals surface area contributed by atoms with Crippen LogP contribution >= 0.6 is 0 Å². The molecule has 3 N–H and O–H groups in total. The standard InChI is InChI=1S/C20H26N4O3.C8H10N2O/c1-2-23-19(26)17(16(25)14-22-11-7-4-8-12-22)18(21)24(20(23)27)13-15-9-5-3-6-10-15;1-7-2-3-8(5-10-7)4-9-6-11/h3,5-6,9-10H,2,4,7-8,11-14,21H2,1H3;2-3,5-6H,4H2,1H3,(H,9,11). The molecule has 0 atom stereocenters. The third kappa shape index (κ3) is 7.48. The number of piperidine rings is 1. The van der Waals surface area contributed by atoms with Crippen LogP contribution in [0.25, 0.3) is 0 Å². The van der Waals surface area contributed by atoms with Crippen LogP contribution < -0.4 is 22.3 Å². The second kappa shape index (κ2) is 14.0. The van der Waals surface area contributed by atoms with Crippen molar-refractivity contribution in [1.82, 2.24) is 24.3 Å². The summed E-state index contributed by atoms with van der Waals surface area (Å²) in [4.78, 5) is 54.4. The van der Waals surface area contributed by atoms with Gasteiger partial charge in [0.1, 0.15) is 11.4 Å². The lowest BCUT2D eigenvalue weighted by Gasteiger charge is -2.26. The van der Waals surface area contributed by atoms with Crippen molar-refractivity contribution in [3.05, 3.63) is 91.9 Å². The second-order valence-electron chi connectivity index (χ2n) is 9.23. The van der Waals surface area contributed by atoms with E-state index in [-0.39, 0.29) is 36.8 Å². The van der Waals surface area contributed by atoms with Gasteiger partial charge in [0.2, 0.25) is 6.41 Å². The van der Waals surface area contributed by atoms with Gasteiger partial charge in [-0.1, -0.05) is 42.8 Å². The van der Waals surface area contributed by atoms with Gasteiger partial charge in [-0.3, -0.25) is 33.4 Å². The molecular weight excluding hydrogens is 484 g/mol. The van der Waals surface area contributed by atoms with E-state index in [0.717, 1.165) is 53.7 Å². The number of nitrogens with zero attached hydrogens (tertiary/aromatic N) is 4. The fourth-order valence-corrected chi connectivity index (χ4v) is 4.34. The maximum Gasteiger partial charge on any atom is 0.332 e. The number of hydrogen-bond acceptors (Lipinski definition) is 7. The molecule has 1 amide bonds. The Morgan fingerprint density at radius 3 is 2.34 bits per heavy atom. The molecular formula is C28H36N6O4. The van der Waals surface area contributed by atoms with Crippen molar-refractivity contribution in [2.45, 2.75) is 52.7 Å². The fourth-order valence-electron chi connectivity index (χ4n) is 4.34. The zero-order valence-corrected chi connectivity index (χ0v) is 22.1. The Morgan fingerprint density at radius 2 is 1.74 bits per heavy atom. The lowest BCUT2D eigenvalue weighted by Crippen LogP contribution is -2.45. The Bertz CT molecular complexity index is 1330. The number of nitrogens with two attached hydrogens (primary N) is 1. The van der Waals surface area contributed by atoms with E-state index in [1.54, 1.807) is 13.1 Å². The minimum atomic E-state index is -0.591. The van der Waals surface area contributed by atoms with Crippen LogP contribution in [0.1, 0.15) is 53.4 Å². The molecule has 1 aliphatic heterocycles. The van der Waals surface area contributed by atoms with Crippen molar-refractivity contribution >= 4 is 18.0 Å². The highest BCUT2D eigenvalue weighted by atomic mass is 16.2. The number of nitrogen functional groups attached to an aromatic ring is 1. The summed E-state index contributed by atoms with van der Waals surface area (Å²) in [6.45, 7) is 6.45. The van der Waals surface area contributed by atoms with Crippen LogP contribution in [0, 0.1) is 6.92 Å². The molecule has 4 rings (SSSR count). The zero-order chi connectivity index (χ0) is 27.5. The van der Waals surface area contributed by atoms with Gasteiger partial charge in [-0.15, -0.1) is 0 Å². The van der Waals surface area contributed by atoms with Gasteiger partial charge in [0.25, 0.3) is 5.56 Å². The Balaban J connectivity index is 0.000000304. The molecule has 1 aromatic carbocycles. The number of anilines is 1. The Labute approximate surface area is 222 Å². The summed E-state index contributed by atoms with van der Waals surface area (Å²) in [6.07, 6.45) is 5.70. The molecule has 202 valence electrons. The first-order chi connectivity index (χ1) is 18.3. The topological polar surface area (TPSA) is 132 Å². The van der Waals surface area contributed by atoms with E-state index in [9.17, 15) is 19.2 Å². The van der Waals surface area contributed by atoms with Gasteiger partial charge < -0.3 is 11.1 Å². The normalized spacial score (nSPS) is 13.3. The van der Waals surface area contributed by atoms with Crippen LogP contribution in [0.5, 0.6) is 0 Å². The van der Waals surface area contributed by atoms with Crippen molar-refractivity contribution in [3.8, 4) is 0 Å². The van der Waals surface area contributed by atoms with E-state index in [1.807, 2.05) is 54.3 Å². The van der Waals surface area contributed by atoms with Crippen LogP contribution in [0.15, 0.2) is 58.3 Å². The summed E-state index contributed by atoms with van der Waals surface area (Å²) in [5.74, 6) is -0.357. The van der Waals surface area contributed by atoms with E-state index >= 15 is 0 Å². The summed E-state index contributed by atoms with van der Waals surface area (Å²) in [5.41, 5.74) is 7.90. The molecule has 0 bridgehead atoms. The summed E-state index contributed by atoms with van der Waals surface area (Å²) >= 11 is 0. The van der Waals surface area contributed by atoms with Gasteiger partial charge in [-0.2, -0.15) is 0 Å². The van der Waals surface area contributed by atoms with Crippen molar-refractivity contribution in [2.75, 3.05) is 25.4 Å². The summed E-state index contributed by atoms with van der Waals surface area (Å²) in [7, 11) is 0. The number of nitrogens with one attached hydrogen (secondary N) is 1. The highest BCUT2D eigenvalue weighted by molar-refractivity contribution is 6.01. The minimum Gasteiger partial charge on any atom is -0.384 e. The molecule has 0 saturated carbocycles. The number of aromatic nitrogens is 3. The number of pyridine rings is 1. The van der Waals surface area contributed by atoms with Crippen molar-refractivity contribution in [3.63, 3.8) is 0 Å². The van der Waals surface area contributed by atoms with Crippen molar-refractivity contribution in [1.29, 1.82) is 0 Å². The minimum absolute atomic E-state index is 0.0411. The summed E-state index contributed by atoms with van der Waals surface area (Å²) in [6, 6.07) is 13.2. The average molecular weight is 521 g/mol. The monoisotopic (exact) mass is 520 g/mol. The molecule has 3 aromatic rings. The van der Waals surface area contributed by atoms with E-state index in [1.165, 1.54) is 4.57 Å². The smallest absolute Gasteiger partial charge is 0.332 e. The van der Waals surface area contributed by atoms with Crippen LogP contribution in [0.4, 0.5) is 5.82 Å². The third-order valence-electron chi connectivity index (χ3n) is 6.42. The Hall–Kier alpha value is -4.05. The number of Topliss-reactive ketones (excluding diaryl/α,β-unsaturated/α-hetero) is 1. The predicted molar refractivity (Wildman–Crippen MR) is 147 cm³/mol. The lowest BCUT2D eigenvalue weighted by atomic mass is 10.1. The van der Waals surface area contributed by atoms with Gasteiger partial charge >= 0.3 is 5.69 Å². The number of benzene rings is 1. The molecule has 1 fully saturated rings. The third-order valence-corrected chi connectivity index (χ3v) is 6.42. The molecule has 0 unspecified atom stereocenters. The average Bonchev–Trinajstić information content (AvgIpc) is 2.92. The molecule has 10 heteroatoms. The van der Waals surface area contributed by atoms with Crippen molar-refractivity contribution < 1.29 is 9.59 Å². The number of ketones is 1. The van der Waals surface area contributed by atoms with Crippen molar-refractivity contribution in [2.24, 2.45) is 0 Å². The predicted octanol–water partition coefficient (Wildman–Crippen LogP) is 1.97. The number of rotatable bonds is 9. The second-order valence-corrected chi connectivity index (χ2v) is 9.23. The summed E-state index contributed by atoms with van der Waals surface area (Å²) in [5, 5.41) is 2.56. The van der Waals surface area contributed by atoms with Crippen LogP contribution in [-0.2, 0) is 24.4 Å². The quantitative estimate of drug-likeness (QED) is 0.326. The molecule has 2 aromatic heterocycles. The fraction of sp³-hybridized carbons (Fsp3) is 0.393. The first-order valence-corrected chi connectivity index (χ1v) is 12.9. The van der Waals surface area contributed by atoms with Gasteiger partial charge in [0.15, 0.2) is 5.78 Å². The maximum absolute atomic E-state index is 12.9. The van der Waals surface area contributed by atoms with Gasteiger partial charge in [0, 0.05) is 25.0 Å². The van der Waals surface area contributed by atoms with E-state index in [0.29, 0.717) is 13.0 Å². The van der Waals surface area contributed by atoms with E-state index < -0.39 is 11.2 Å². The zero-order valence-electron chi connectivity index (χ0n) is 22.1. The van der Waals surface area contributed by atoms with Gasteiger partial charge in [0.05, 0.1) is 13.1 Å². The van der Waals surface area contributed by atoms with Gasteiger partial charge in [-0.25, -0.2) is 4.79 Å². The number of amides is 1. The summed E-state index contributed by atoms with van der Waals surface area (Å²) < 4.78 is 2.41. The molecule has 1 saturated heterocycles. The molecule has 0 radical (unpaired) electrons. The number of carbonyl (C=O) groups is 2. The number of hydrogen-bond donors (Lipinski definition) is 2. The highest BCUT2D eigenvalue weighted by Crippen LogP contribution is 2.13. The lowest BCUT2D eigenvalue weighted by molar-refractivity contribution is -0.109. The number of likely N-dealkylation sites (tertiary alicyclic amines) is 1. The first-order valence-electron chi connectivity index (χ1n) is 12.9. The Morgan fingerprint density at radius 1 is 1.03 bits per heavy atom. The van der Waals surface area contributed by atoms with E-state index in [4.69, 9.17) is 5.73 Å². The number of aryl methyl sites for hydroxylation is 1. The van der Waals surface area contributed by atoms with Crippen LogP contribution in [0.2, 0.25) is 0 Å². The molecule has 0 aliphatic carbocycles. The van der Waals surface area contributed by atoms with Crippen LogP contribution in [0.3, 0.4) is 0 Å². The highest BCUT2D eigenvalue weighted by Gasteiger charge is 2.24.